The van der Waals surface area contributed by atoms with Gasteiger partial charge < -0.3 is 4.74 Å². The van der Waals surface area contributed by atoms with E-state index in [0.717, 1.165) is 5.56 Å². The molecule has 0 saturated heterocycles. The topological polar surface area (TPSA) is 9.23 Å². The maximum atomic E-state index is 12.7. The predicted octanol–water partition coefficient (Wildman–Crippen LogP) is 4.18. The number of benzene rings is 1. The van der Waals surface area contributed by atoms with Crippen molar-refractivity contribution in [2.45, 2.75) is 39.2 Å². The first-order valence-electron chi connectivity index (χ1n) is 5.62. The van der Waals surface area contributed by atoms with E-state index < -0.39 is 12.3 Å². The molecule has 1 unspecified atom stereocenters. The normalized spacial score (nSPS) is 14.0. The van der Waals surface area contributed by atoms with Gasteiger partial charge in [-0.3, -0.25) is 0 Å². The molecule has 0 aliphatic carbocycles. The predicted molar refractivity (Wildman–Crippen MR) is 60.5 cm³/mol. The Morgan fingerprint density at radius 3 is 2.18 bits per heavy atom. The van der Waals surface area contributed by atoms with Crippen LogP contribution >= 0.6 is 0 Å². The quantitative estimate of drug-likeness (QED) is 0.757. The zero-order valence-corrected chi connectivity index (χ0v) is 10.00. The summed E-state index contributed by atoms with van der Waals surface area (Å²) >= 11 is 0. The zero-order valence-electron chi connectivity index (χ0n) is 10.00. The van der Waals surface area contributed by atoms with Crippen molar-refractivity contribution < 1.29 is 17.9 Å². The van der Waals surface area contributed by atoms with Gasteiger partial charge >= 0.3 is 6.18 Å². The van der Waals surface area contributed by atoms with Crippen molar-refractivity contribution in [2.75, 3.05) is 0 Å². The van der Waals surface area contributed by atoms with Crippen molar-refractivity contribution in [3.63, 3.8) is 0 Å². The molecule has 4 heteroatoms. The number of halogens is 3. The van der Waals surface area contributed by atoms with Gasteiger partial charge in [-0.15, -0.1) is 0 Å². The van der Waals surface area contributed by atoms with Crippen LogP contribution < -0.4 is 0 Å². The highest BCUT2D eigenvalue weighted by molar-refractivity contribution is 5.13. The lowest BCUT2D eigenvalue weighted by Crippen LogP contribution is -2.32. The number of ether oxygens (including phenoxy) is 1. The molecule has 96 valence electrons. The summed E-state index contributed by atoms with van der Waals surface area (Å²) < 4.78 is 43.0. The lowest BCUT2D eigenvalue weighted by atomic mass is 10.1. The van der Waals surface area contributed by atoms with Crippen molar-refractivity contribution >= 4 is 0 Å². The molecule has 0 aliphatic heterocycles. The van der Waals surface area contributed by atoms with Gasteiger partial charge in [-0.2, -0.15) is 13.2 Å². The van der Waals surface area contributed by atoms with Crippen LogP contribution in [0, 0.1) is 5.92 Å². The summed E-state index contributed by atoms with van der Waals surface area (Å²) in [4.78, 5) is 0. The Bertz CT molecular complexity index is 319. The van der Waals surface area contributed by atoms with Crippen LogP contribution in [0.15, 0.2) is 30.3 Å². The maximum Gasteiger partial charge on any atom is 0.414 e. The van der Waals surface area contributed by atoms with Crippen LogP contribution in [0.3, 0.4) is 0 Å². The molecule has 0 aromatic heterocycles. The van der Waals surface area contributed by atoms with Gasteiger partial charge in [0.05, 0.1) is 6.61 Å². The largest absolute Gasteiger partial charge is 0.414 e. The van der Waals surface area contributed by atoms with Gasteiger partial charge in [-0.25, -0.2) is 0 Å². The molecule has 1 aromatic carbocycles. The van der Waals surface area contributed by atoms with E-state index in [9.17, 15) is 13.2 Å². The molecule has 0 saturated carbocycles. The van der Waals surface area contributed by atoms with Crippen LogP contribution in [0.5, 0.6) is 0 Å². The van der Waals surface area contributed by atoms with Crippen molar-refractivity contribution in [3.8, 4) is 0 Å². The van der Waals surface area contributed by atoms with Gasteiger partial charge in [-0.05, 0) is 17.9 Å². The molecule has 1 aromatic rings. The van der Waals surface area contributed by atoms with Gasteiger partial charge in [-0.1, -0.05) is 44.2 Å². The second-order valence-corrected chi connectivity index (χ2v) is 4.46. The first kappa shape index (κ1) is 14.0. The minimum Gasteiger partial charge on any atom is -0.364 e. The molecular formula is C13H17F3O. The summed E-state index contributed by atoms with van der Waals surface area (Å²) in [7, 11) is 0. The standard InChI is InChI=1S/C13H17F3O/c1-10(2)8-12(13(14,15)16)17-9-11-6-4-3-5-7-11/h3-7,10,12H,8-9H2,1-2H3. The molecule has 0 bridgehead atoms. The maximum absolute atomic E-state index is 12.7. The molecule has 0 aliphatic rings. The van der Waals surface area contributed by atoms with Gasteiger partial charge in [0.1, 0.15) is 0 Å². The van der Waals surface area contributed by atoms with E-state index in [2.05, 4.69) is 0 Å². The van der Waals surface area contributed by atoms with E-state index in [0.29, 0.717) is 0 Å². The van der Waals surface area contributed by atoms with Crippen LogP contribution in [0.1, 0.15) is 25.8 Å². The van der Waals surface area contributed by atoms with E-state index >= 15 is 0 Å². The van der Waals surface area contributed by atoms with Crippen molar-refractivity contribution in [1.82, 2.24) is 0 Å². The third-order valence-electron chi connectivity index (χ3n) is 2.34. The molecule has 0 fully saturated rings. The lowest BCUT2D eigenvalue weighted by Gasteiger charge is -2.22. The summed E-state index contributed by atoms with van der Waals surface area (Å²) in [5.74, 6) is -0.0441. The van der Waals surface area contributed by atoms with Gasteiger partial charge in [0.2, 0.25) is 0 Å². The molecule has 0 spiro atoms. The van der Waals surface area contributed by atoms with E-state index in [1.165, 1.54) is 0 Å². The van der Waals surface area contributed by atoms with E-state index in [4.69, 9.17) is 4.74 Å². The summed E-state index contributed by atoms with van der Waals surface area (Å²) in [6, 6.07) is 8.89. The Morgan fingerprint density at radius 2 is 1.71 bits per heavy atom. The molecule has 1 atom stereocenters. The molecule has 1 rings (SSSR count). The van der Waals surface area contributed by atoms with Gasteiger partial charge in [0.25, 0.3) is 0 Å². The van der Waals surface area contributed by atoms with Crippen LogP contribution in [-0.4, -0.2) is 12.3 Å². The van der Waals surface area contributed by atoms with Gasteiger partial charge in [0, 0.05) is 0 Å². The van der Waals surface area contributed by atoms with Crippen molar-refractivity contribution in [3.05, 3.63) is 35.9 Å². The highest BCUT2D eigenvalue weighted by Gasteiger charge is 2.40. The van der Waals surface area contributed by atoms with Crippen LogP contribution in [0.4, 0.5) is 13.2 Å². The monoisotopic (exact) mass is 246 g/mol. The summed E-state index contributed by atoms with van der Waals surface area (Å²) in [6.45, 7) is 3.51. The second kappa shape index (κ2) is 6.05. The SMILES string of the molecule is CC(C)CC(OCc1ccccc1)C(F)(F)F. The summed E-state index contributed by atoms with van der Waals surface area (Å²) in [6.07, 6.45) is -5.97. The third kappa shape index (κ3) is 5.22. The number of hydrogen-bond donors (Lipinski definition) is 0. The number of rotatable bonds is 5. The summed E-state index contributed by atoms with van der Waals surface area (Å²) in [5.41, 5.74) is 0.755. The highest BCUT2D eigenvalue weighted by Crippen LogP contribution is 2.28. The summed E-state index contributed by atoms with van der Waals surface area (Å²) in [5, 5.41) is 0. The molecule has 0 N–H and O–H groups in total. The molecule has 0 amide bonds. The smallest absolute Gasteiger partial charge is 0.364 e. The minimum absolute atomic E-state index is 0.00225. The van der Waals surface area contributed by atoms with E-state index in [1.807, 2.05) is 6.07 Å². The number of alkyl halides is 3. The fraction of sp³-hybridized carbons (Fsp3) is 0.538. The lowest BCUT2D eigenvalue weighted by molar-refractivity contribution is -0.227. The average molecular weight is 246 g/mol. The second-order valence-electron chi connectivity index (χ2n) is 4.46. The Morgan fingerprint density at radius 1 is 1.12 bits per heavy atom. The fourth-order valence-corrected chi connectivity index (χ4v) is 1.50. The molecular weight excluding hydrogens is 229 g/mol. The molecule has 0 heterocycles. The van der Waals surface area contributed by atoms with E-state index in [1.54, 1.807) is 38.1 Å². The first-order valence-corrected chi connectivity index (χ1v) is 5.62. The zero-order chi connectivity index (χ0) is 12.9. The third-order valence-corrected chi connectivity index (χ3v) is 2.34. The minimum atomic E-state index is -4.29. The van der Waals surface area contributed by atoms with Crippen LogP contribution in [0.25, 0.3) is 0 Å². The van der Waals surface area contributed by atoms with Crippen molar-refractivity contribution in [2.24, 2.45) is 5.92 Å². The average Bonchev–Trinajstić information content (AvgIpc) is 2.23. The molecule has 0 radical (unpaired) electrons. The Kier molecular flexibility index (Phi) is 5.00. The van der Waals surface area contributed by atoms with Crippen LogP contribution in [0.2, 0.25) is 0 Å². The first-order chi connectivity index (χ1) is 7.89. The number of hydrogen-bond acceptors (Lipinski definition) is 1. The molecule has 17 heavy (non-hydrogen) atoms. The van der Waals surface area contributed by atoms with Gasteiger partial charge in [0.15, 0.2) is 6.10 Å². The highest BCUT2D eigenvalue weighted by atomic mass is 19.4. The Balaban J connectivity index is 2.56. The Hall–Kier alpha value is -1.03. The van der Waals surface area contributed by atoms with E-state index in [-0.39, 0.29) is 18.9 Å². The van der Waals surface area contributed by atoms with Crippen LogP contribution in [-0.2, 0) is 11.3 Å². The fourth-order valence-electron chi connectivity index (χ4n) is 1.50. The molecule has 1 nitrogen and oxygen atoms in total. The Labute approximate surface area is 99.6 Å². The van der Waals surface area contributed by atoms with Crippen molar-refractivity contribution in [1.29, 1.82) is 0 Å².